The SMILES string of the molecule is Cc1cc(C(=O)NCCCCN2CCC(C)CC2)c2cnn(Cc3cccs3)c2n1. The van der Waals surface area contributed by atoms with Crippen LogP contribution in [0.4, 0.5) is 0 Å². The van der Waals surface area contributed by atoms with E-state index in [0.29, 0.717) is 18.7 Å². The summed E-state index contributed by atoms with van der Waals surface area (Å²) in [4.78, 5) is 21.3. The molecule has 0 spiro atoms. The van der Waals surface area contributed by atoms with Crippen LogP contribution >= 0.6 is 11.3 Å². The highest BCUT2D eigenvalue weighted by molar-refractivity contribution is 7.09. The van der Waals surface area contributed by atoms with Crippen molar-refractivity contribution in [2.45, 2.75) is 46.1 Å². The lowest BCUT2D eigenvalue weighted by Gasteiger charge is -2.30. The number of aromatic nitrogens is 3. The molecule has 1 N–H and O–H groups in total. The number of aryl methyl sites for hydroxylation is 1. The minimum atomic E-state index is -0.0343. The average molecular weight is 426 g/mol. The van der Waals surface area contributed by atoms with Crippen molar-refractivity contribution in [3.05, 3.63) is 45.9 Å². The van der Waals surface area contributed by atoms with Gasteiger partial charge in [-0.2, -0.15) is 5.10 Å². The lowest BCUT2D eigenvalue weighted by molar-refractivity contribution is 0.0953. The third-order valence-electron chi connectivity index (χ3n) is 5.93. The van der Waals surface area contributed by atoms with E-state index in [1.165, 1.54) is 30.8 Å². The predicted molar refractivity (Wildman–Crippen MR) is 122 cm³/mol. The number of amides is 1. The monoisotopic (exact) mass is 425 g/mol. The molecule has 0 bridgehead atoms. The third-order valence-corrected chi connectivity index (χ3v) is 6.79. The number of pyridine rings is 1. The third kappa shape index (κ3) is 5.08. The van der Waals surface area contributed by atoms with Gasteiger partial charge in [0.2, 0.25) is 0 Å². The van der Waals surface area contributed by atoms with Gasteiger partial charge in [0.25, 0.3) is 5.91 Å². The Balaban J connectivity index is 1.33. The van der Waals surface area contributed by atoms with Crippen molar-refractivity contribution in [1.29, 1.82) is 0 Å². The molecule has 1 fully saturated rings. The zero-order chi connectivity index (χ0) is 20.9. The van der Waals surface area contributed by atoms with Gasteiger partial charge in [0.05, 0.1) is 23.7 Å². The second kappa shape index (κ2) is 9.71. The van der Waals surface area contributed by atoms with Gasteiger partial charge in [0, 0.05) is 17.1 Å². The summed E-state index contributed by atoms with van der Waals surface area (Å²) in [6.07, 6.45) is 6.52. The highest BCUT2D eigenvalue weighted by Crippen LogP contribution is 2.20. The number of nitrogens with zero attached hydrogens (tertiary/aromatic N) is 4. The van der Waals surface area contributed by atoms with E-state index in [1.807, 2.05) is 23.7 Å². The Hall–Kier alpha value is -2.25. The summed E-state index contributed by atoms with van der Waals surface area (Å²) in [7, 11) is 0. The summed E-state index contributed by atoms with van der Waals surface area (Å²) in [5.74, 6) is 0.837. The van der Waals surface area contributed by atoms with E-state index in [-0.39, 0.29) is 5.91 Å². The maximum Gasteiger partial charge on any atom is 0.252 e. The fraction of sp³-hybridized carbons (Fsp3) is 0.522. The van der Waals surface area contributed by atoms with Crippen molar-refractivity contribution >= 4 is 28.3 Å². The van der Waals surface area contributed by atoms with Crippen LogP contribution in [-0.2, 0) is 6.54 Å². The van der Waals surface area contributed by atoms with Gasteiger partial charge in [-0.25, -0.2) is 9.67 Å². The molecule has 160 valence electrons. The van der Waals surface area contributed by atoms with Crippen LogP contribution in [0.25, 0.3) is 11.0 Å². The van der Waals surface area contributed by atoms with Gasteiger partial charge in [-0.3, -0.25) is 4.79 Å². The van der Waals surface area contributed by atoms with Gasteiger partial charge >= 0.3 is 0 Å². The summed E-state index contributed by atoms with van der Waals surface area (Å²) in [5, 5.41) is 10.5. The number of thiophene rings is 1. The zero-order valence-electron chi connectivity index (χ0n) is 17.9. The summed E-state index contributed by atoms with van der Waals surface area (Å²) in [6.45, 7) is 9.23. The molecular weight excluding hydrogens is 394 g/mol. The minimum Gasteiger partial charge on any atom is -0.352 e. The summed E-state index contributed by atoms with van der Waals surface area (Å²) >= 11 is 1.70. The standard InChI is InChI=1S/C23H31N5OS/c1-17-7-11-27(12-8-17)10-4-3-9-24-23(29)20-14-18(2)26-22-21(20)15-25-28(22)16-19-6-5-13-30-19/h5-6,13-15,17H,3-4,7-12,16H2,1-2H3,(H,24,29). The van der Waals surface area contributed by atoms with Gasteiger partial charge < -0.3 is 10.2 Å². The molecule has 30 heavy (non-hydrogen) atoms. The number of nitrogens with one attached hydrogen (secondary N) is 1. The lowest BCUT2D eigenvalue weighted by atomic mass is 9.99. The van der Waals surface area contributed by atoms with Crippen molar-refractivity contribution < 1.29 is 4.79 Å². The minimum absolute atomic E-state index is 0.0343. The van der Waals surface area contributed by atoms with Crippen LogP contribution in [0.2, 0.25) is 0 Å². The van der Waals surface area contributed by atoms with E-state index in [4.69, 9.17) is 0 Å². The Morgan fingerprint density at radius 2 is 2.13 bits per heavy atom. The van der Waals surface area contributed by atoms with Gasteiger partial charge in [-0.05, 0) is 75.7 Å². The number of hydrogen-bond acceptors (Lipinski definition) is 5. The number of fused-ring (bicyclic) bond motifs is 1. The molecule has 0 aliphatic carbocycles. The van der Waals surface area contributed by atoms with E-state index >= 15 is 0 Å². The van der Waals surface area contributed by atoms with Crippen molar-refractivity contribution in [1.82, 2.24) is 25.0 Å². The van der Waals surface area contributed by atoms with Crippen molar-refractivity contribution in [2.24, 2.45) is 5.92 Å². The average Bonchev–Trinajstić information content (AvgIpc) is 3.39. The molecule has 0 unspecified atom stereocenters. The number of unbranched alkanes of at least 4 members (excludes halogenated alkanes) is 1. The molecule has 1 aliphatic heterocycles. The molecule has 0 aromatic carbocycles. The fourth-order valence-electron chi connectivity index (χ4n) is 4.07. The molecule has 3 aromatic rings. The van der Waals surface area contributed by atoms with E-state index < -0.39 is 0 Å². The van der Waals surface area contributed by atoms with E-state index in [0.717, 1.165) is 42.0 Å². The summed E-state index contributed by atoms with van der Waals surface area (Å²) in [6, 6.07) is 5.99. The molecule has 1 amide bonds. The molecule has 6 nitrogen and oxygen atoms in total. The molecule has 4 rings (SSSR count). The Labute approximate surface area is 182 Å². The van der Waals surface area contributed by atoms with Crippen molar-refractivity contribution in [3.8, 4) is 0 Å². The maximum absolute atomic E-state index is 12.9. The summed E-state index contributed by atoms with van der Waals surface area (Å²) in [5.41, 5.74) is 2.27. The molecule has 1 aliphatic rings. The summed E-state index contributed by atoms with van der Waals surface area (Å²) < 4.78 is 1.88. The zero-order valence-corrected chi connectivity index (χ0v) is 18.7. The van der Waals surface area contributed by atoms with Crippen molar-refractivity contribution in [2.75, 3.05) is 26.2 Å². The molecule has 7 heteroatoms. The largest absolute Gasteiger partial charge is 0.352 e. The Morgan fingerprint density at radius 3 is 2.90 bits per heavy atom. The highest BCUT2D eigenvalue weighted by atomic mass is 32.1. The van der Waals surface area contributed by atoms with E-state index in [1.54, 1.807) is 17.5 Å². The fourth-order valence-corrected chi connectivity index (χ4v) is 4.76. The van der Waals surface area contributed by atoms with Crippen LogP contribution in [0.15, 0.2) is 29.8 Å². The van der Waals surface area contributed by atoms with Gasteiger partial charge in [0.1, 0.15) is 0 Å². The molecule has 0 atom stereocenters. The number of rotatable bonds is 8. The van der Waals surface area contributed by atoms with Gasteiger partial charge in [-0.15, -0.1) is 11.3 Å². The van der Waals surface area contributed by atoms with E-state index in [9.17, 15) is 4.79 Å². The topological polar surface area (TPSA) is 63.1 Å². The molecule has 1 saturated heterocycles. The molecule has 3 aromatic heterocycles. The van der Waals surface area contributed by atoms with E-state index in [2.05, 4.69) is 38.7 Å². The van der Waals surface area contributed by atoms with Crippen LogP contribution in [0.3, 0.4) is 0 Å². The highest BCUT2D eigenvalue weighted by Gasteiger charge is 2.17. The number of carbonyl (C=O) groups excluding carboxylic acids is 1. The first-order chi connectivity index (χ1) is 14.6. The molecular formula is C23H31N5OS. The van der Waals surface area contributed by atoms with Crippen molar-refractivity contribution in [3.63, 3.8) is 0 Å². The normalized spacial score (nSPS) is 15.7. The first-order valence-corrected chi connectivity index (χ1v) is 11.8. The Bertz CT molecular complexity index is 973. The molecule has 0 saturated carbocycles. The first-order valence-electron chi connectivity index (χ1n) is 11.0. The quantitative estimate of drug-likeness (QED) is 0.552. The van der Waals surface area contributed by atoms with Gasteiger partial charge in [0.15, 0.2) is 5.65 Å². The van der Waals surface area contributed by atoms with Gasteiger partial charge in [-0.1, -0.05) is 13.0 Å². The number of piperidine rings is 1. The second-order valence-corrected chi connectivity index (χ2v) is 9.45. The predicted octanol–water partition coefficient (Wildman–Crippen LogP) is 4.09. The Kier molecular flexibility index (Phi) is 6.79. The number of hydrogen-bond donors (Lipinski definition) is 1. The molecule has 0 radical (unpaired) electrons. The van der Waals surface area contributed by atoms with Crippen LogP contribution in [0.1, 0.15) is 53.5 Å². The first kappa shape index (κ1) is 21.0. The maximum atomic E-state index is 12.9. The van der Waals surface area contributed by atoms with Crippen LogP contribution in [-0.4, -0.2) is 51.8 Å². The molecule has 4 heterocycles. The van der Waals surface area contributed by atoms with Crippen LogP contribution in [0, 0.1) is 12.8 Å². The smallest absolute Gasteiger partial charge is 0.252 e. The van der Waals surface area contributed by atoms with Crippen LogP contribution in [0.5, 0.6) is 0 Å². The van der Waals surface area contributed by atoms with Crippen LogP contribution < -0.4 is 5.32 Å². The lowest BCUT2D eigenvalue weighted by Crippen LogP contribution is -2.34. The number of carbonyl (C=O) groups is 1. The second-order valence-electron chi connectivity index (χ2n) is 8.42. The Morgan fingerprint density at radius 1 is 1.30 bits per heavy atom. The number of likely N-dealkylation sites (tertiary alicyclic amines) is 1.